The Morgan fingerprint density at radius 3 is 2.53 bits per heavy atom. The summed E-state index contributed by atoms with van der Waals surface area (Å²) >= 11 is 1.61. The minimum Gasteiger partial charge on any atom is -0.495 e. The zero-order chi connectivity index (χ0) is 21.1. The smallest absolute Gasteiger partial charge is 0.238 e. The number of hydrogen-bond donors (Lipinski definition) is 1. The van der Waals surface area contributed by atoms with Gasteiger partial charge in [0, 0.05) is 11.6 Å². The summed E-state index contributed by atoms with van der Waals surface area (Å²) in [6.07, 6.45) is 5.49. The van der Waals surface area contributed by atoms with Crippen LogP contribution in [0.1, 0.15) is 48.6 Å². The summed E-state index contributed by atoms with van der Waals surface area (Å²) in [7, 11) is 1.63. The molecule has 2 aromatic rings. The molecule has 1 aliphatic carbocycles. The van der Waals surface area contributed by atoms with Crippen LogP contribution in [-0.2, 0) is 9.59 Å². The van der Waals surface area contributed by atoms with Gasteiger partial charge in [0.25, 0.3) is 0 Å². The first-order valence-corrected chi connectivity index (χ1v) is 11.6. The minimum absolute atomic E-state index is 0.0728. The second kappa shape index (κ2) is 9.13. The number of carbonyl (C=O) groups excluding carboxylic acids is 2. The van der Waals surface area contributed by atoms with Gasteiger partial charge in [-0.05, 0) is 55.2 Å². The Morgan fingerprint density at radius 1 is 1.10 bits per heavy atom. The van der Waals surface area contributed by atoms with E-state index in [1.165, 1.54) is 6.42 Å². The lowest BCUT2D eigenvalue weighted by atomic mass is 9.88. The van der Waals surface area contributed by atoms with E-state index >= 15 is 0 Å². The summed E-state index contributed by atoms with van der Waals surface area (Å²) < 4.78 is 5.52. The van der Waals surface area contributed by atoms with Crippen LogP contribution in [0, 0.1) is 12.8 Å². The summed E-state index contributed by atoms with van der Waals surface area (Å²) in [6, 6.07) is 13.8. The van der Waals surface area contributed by atoms with E-state index in [1.54, 1.807) is 18.9 Å². The van der Waals surface area contributed by atoms with Crippen molar-refractivity contribution in [1.29, 1.82) is 0 Å². The number of benzene rings is 2. The van der Waals surface area contributed by atoms with Crippen molar-refractivity contribution in [1.82, 2.24) is 0 Å². The summed E-state index contributed by atoms with van der Waals surface area (Å²) in [4.78, 5) is 27.1. The highest BCUT2D eigenvalue weighted by molar-refractivity contribution is 8.00. The molecule has 30 heavy (non-hydrogen) atoms. The quantitative estimate of drug-likeness (QED) is 0.707. The molecule has 2 fully saturated rings. The number of carbonyl (C=O) groups is 2. The Hall–Kier alpha value is -2.47. The van der Waals surface area contributed by atoms with Crippen LogP contribution < -0.4 is 15.0 Å². The van der Waals surface area contributed by atoms with Crippen LogP contribution >= 0.6 is 11.8 Å². The molecule has 1 N–H and O–H groups in total. The van der Waals surface area contributed by atoms with Crippen molar-refractivity contribution in [2.45, 2.75) is 44.4 Å². The fourth-order valence-corrected chi connectivity index (χ4v) is 5.43. The van der Waals surface area contributed by atoms with Crippen LogP contribution in [0.15, 0.2) is 42.5 Å². The van der Waals surface area contributed by atoms with Crippen molar-refractivity contribution in [3.63, 3.8) is 0 Å². The van der Waals surface area contributed by atoms with Crippen LogP contribution in [0.4, 0.5) is 11.4 Å². The molecule has 1 aliphatic heterocycles. The summed E-state index contributed by atoms with van der Waals surface area (Å²) in [5.74, 6) is 1.45. The van der Waals surface area contributed by atoms with Gasteiger partial charge in [-0.1, -0.05) is 37.5 Å². The number of hydrogen-bond acceptors (Lipinski definition) is 4. The Morgan fingerprint density at radius 2 is 1.83 bits per heavy atom. The van der Waals surface area contributed by atoms with E-state index in [4.69, 9.17) is 4.74 Å². The third-order valence-corrected chi connectivity index (χ3v) is 7.11. The monoisotopic (exact) mass is 424 g/mol. The number of ether oxygens (including phenoxy) is 1. The number of nitrogens with one attached hydrogen (secondary N) is 1. The largest absolute Gasteiger partial charge is 0.495 e. The minimum atomic E-state index is -0.115. The molecule has 1 saturated carbocycles. The Balaban J connectivity index is 1.52. The number of rotatable bonds is 5. The average molecular weight is 425 g/mol. The van der Waals surface area contributed by atoms with Gasteiger partial charge in [-0.2, -0.15) is 0 Å². The van der Waals surface area contributed by atoms with Gasteiger partial charge in [0.05, 0.1) is 18.6 Å². The van der Waals surface area contributed by atoms with Gasteiger partial charge in [0.1, 0.15) is 11.1 Å². The fraction of sp³-hybridized carbons (Fsp3) is 0.417. The van der Waals surface area contributed by atoms with Crippen molar-refractivity contribution in [3.8, 4) is 5.75 Å². The van der Waals surface area contributed by atoms with E-state index in [0.29, 0.717) is 11.5 Å². The van der Waals surface area contributed by atoms with Crippen molar-refractivity contribution in [3.05, 3.63) is 53.6 Å². The summed E-state index contributed by atoms with van der Waals surface area (Å²) in [6.45, 7) is 2.01. The van der Waals surface area contributed by atoms with Crippen LogP contribution in [0.2, 0.25) is 0 Å². The number of amides is 2. The lowest BCUT2D eigenvalue weighted by molar-refractivity contribution is -0.120. The van der Waals surface area contributed by atoms with Crippen LogP contribution in [0.5, 0.6) is 5.75 Å². The highest BCUT2D eigenvalue weighted by atomic mass is 32.2. The predicted molar refractivity (Wildman–Crippen MR) is 122 cm³/mol. The molecule has 1 unspecified atom stereocenters. The first kappa shape index (κ1) is 20.8. The van der Waals surface area contributed by atoms with Gasteiger partial charge < -0.3 is 10.1 Å². The van der Waals surface area contributed by atoms with Gasteiger partial charge in [0.2, 0.25) is 11.8 Å². The molecule has 5 nitrogen and oxygen atoms in total. The Kier molecular flexibility index (Phi) is 6.32. The van der Waals surface area contributed by atoms with E-state index < -0.39 is 0 Å². The number of anilines is 2. The molecule has 0 spiro atoms. The molecule has 1 atom stereocenters. The van der Waals surface area contributed by atoms with E-state index in [9.17, 15) is 9.59 Å². The van der Waals surface area contributed by atoms with Crippen molar-refractivity contribution >= 4 is 35.0 Å². The second-order valence-corrected chi connectivity index (χ2v) is 9.12. The summed E-state index contributed by atoms with van der Waals surface area (Å²) in [5.41, 5.74) is 3.72. The molecule has 0 aromatic heterocycles. The van der Waals surface area contributed by atoms with Crippen LogP contribution in [-0.4, -0.2) is 24.7 Å². The molecule has 2 aliphatic rings. The van der Waals surface area contributed by atoms with Gasteiger partial charge in [0.15, 0.2) is 0 Å². The molecule has 4 rings (SSSR count). The van der Waals surface area contributed by atoms with E-state index in [-0.39, 0.29) is 23.1 Å². The van der Waals surface area contributed by atoms with Crippen LogP contribution in [0.25, 0.3) is 0 Å². The highest BCUT2D eigenvalue weighted by Crippen LogP contribution is 2.45. The van der Waals surface area contributed by atoms with Gasteiger partial charge in [-0.15, -0.1) is 11.8 Å². The Bertz CT molecular complexity index is 923. The molecule has 2 aromatic carbocycles. The molecular formula is C24H28N2O3S. The van der Waals surface area contributed by atoms with Crippen molar-refractivity contribution < 1.29 is 14.3 Å². The maximum atomic E-state index is 12.7. The fourth-order valence-electron chi connectivity index (χ4n) is 4.26. The van der Waals surface area contributed by atoms with E-state index in [0.717, 1.165) is 48.2 Å². The normalized spacial score (nSPS) is 19.7. The van der Waals surface area contributed by atoms with E-state index in [1.807, 2.05) is 54.3 Å². The molecule has 1 saturated heterocycles. The maximum Gasteiger partial charge on any atom is 0.238 e. The topological polar surface area (TPSA) is 58.6 Å². The zero-order valence-corrected chi connectivity index (χ0v) is 18.3. The third kappa shape index (κ3) is 4.33. The van der Waals surface area contributed by atoms with Crippen LogP contribution in [0.3, 0.4) is 0 Å². The van der Waals surface area contributed by atoms with Gasteiger partial charge in [-0.25, -0.2) is 0 Å². The molecule has 2 amide bonds. The molecule has 0 radical (unpaired) electrons. The Labute approximate surface area is 182 Å². The molecule has 6 heteroatoms. The summed E-state index contributed by atoms with van der Waals surface area (Å²) in [5, 5.41) is 2.95. The number of thioether (sulfide) groups is 1. The molecule has 0 bridgehead atoms. The number of nitrogens with zero attached hydrogens (tertiary/aromatic N) is 1. The highest BCUT2D eigenvalue weighted by Gasteiger charge is 2.35. The zero-order valence-electron chi connectivity index (χ0n) is 17.5. The molecule has 1 heterocycles. The lowest BCUT2D eigenvalue weighted by Crippen LogP contribution is -2.28. The number of aryl methyl sites for hydroxylation is 1. The maximum absolute atomic E-state index is 12.7. The third-order valence-electron chi connectivity index (χ3n) is 5.90. The first-order valence-electron chi connectivity index (χ1n) is 10.6. The molecule has 158 valence electrons. The SMILES string of the molecule is COc1ccc(C)cc1N1C(=O)CSC1c1ccc(NC(=O)C2CCCCC2)cc1. The first-order chi connectivity index (χ1) is 14.6. The molecular weight excluding hydrogens is 396 g/mol. The van der Waals surface area contributed by atoms with Crippen molar-refractivity contribution in [2.24, 2.45) is 5.92 Å². The predicted octanol–water partition coefficient (Wildman–Crippen LogP) is 5.30. The van der Waals surface area contributed by atoms with Gasteiger partial charge >= 0.3 is 0 Å². The average Bonchev–Trinajstić information content (AvgIpc) is 3.16. The lowest BCUT2D eigenvalue weighted by Gasteiger charge is -2.26. The van der Waals surface area contributed by atoms with E-state index in [2.05, 4.69) is 5.32 Å². The second-order valence-electron chi connectivity index (χ2n) is 8.05. The van der Waals surface area contributed by atoms with Gasteiger partial charge in [-0.3, -0.25) is 14.5 Å². The number of methoxy groups -OCH3 is 1. The van der Waals surface area contributed by atoms with Crippen molar-refractivity contribution in [2.75, 3.05) is 23.1 Å². The standard InChI is InChI=1S/C24H28N2O3S/c1-16-8-13-21(29-2)20(14-16)26-22(27)15-30-24(26)18-9-11-19(12-10-18)25-23(28)17-6-4-3-5-7-17/h8-14,17,24H,3-7,15H2,1-2H3,(H,25,28).